The lowest BCUT2D eigenvalue weighted by Crippen LogP contribution is -2.57. The fourth-order valence-electron chi connectivity index (χ4n) is 4.02. The number of carbonyl (C=O) groups is 2. The van der Waals surface area contributed by atoms with Crippen LogP contribution in [-0.2, 0) is 16.0 Å². The summed E-state index contributed by atoms with van der Waals surface area (Å²) in [6.45, 7) is 6.23. The van der Waals surface area contributed by atoms with Crippen LogP contribution in [0.15, 0.2) is 4.52 Å². The van der Waals surface area contributed by atoms with Gasteiger partial charge in [-0.15, -0.1) is 12.4 Å². The van der Waals surface area contributed by atoms with Crippen LogP contribution in [0.2, 0.25) is 0 Å². The van der Waals surface area contributed by atoms with E-state index in [4.69, 9.17) is 10.3 Å². The Morgan fingerprint density at radius 2 is 2.12 bits per heavy atom. The number of aryl methyl sites for hydroxylation is 2. The molecule has 2 atom stereocenters. The average molecular weight is 371 g/mol. The van der Waals surface area contributed by atoms with E-state index in [1.54, 1.807) is 0 Å². The molecule has 0 unspecified atom stereocenters. The van der Waals surface area contributed by atoms with E-state index >= 15 is 0 Å². The predicted molar refractivity (Wildman–Crippen MR) is 95.4 cm³/mol. The van der Waals surface area contributed by atoms with Crippen molar-refractivity contribution in [3.05, 3.63) is 17.0 Å². The Hall–Kier alpha value is -1.60. The van der Waals surface area contributed by atoms with Crippen molar-refractivity contribution < 1.29 is 14.1 Å². The summed E-state index contributed by atoms with van der Waals surface area (Å²) < 4.78 is 5.15. The van der Waals surface area contributed by atoms with Gasteiger partial charge in [0.05, 0.1) is 12.1 Å². The number of carbonyl (C=O) groups excluding carboxylic acids is 2. The number of nitrogens with two attached hydrogens (primary N) is 1. The van der Waals surface area contributed by atoms with Crippen LogP contribution in [-0.4, -0.2) is 59.0 Å². The first-order valence-electron chi connectivity index (χ1n) is 8.70. The number of halogens is 1. The minimum atomic E-state index is 0. The Morgan fingerprint density at radius 3 is 2.76 bits per heavy atom. The van der Waals surface area contributed by atoms with Gasteiger partial charge in [0.25, 0.3) is 0 Å². The van der Waals surface area contributed by atoms with Crippen molar-refractivity contribution >= 4 is 24.2 Å². The van der Waals surface area contributed by atoms with Crippen molar-refractivity contribution in [1.82, 2.24) is 15.0 Å². The highest BCUT2D eigenvalue weighted by Crippen LogP contribution is 2.31. The van der Waals surface area contributed by atoms with E-state index in [0.29, 0.717) is 44.2 Å². The summed E-state index contributed by atoms with van der Waals surface area (Å²) in [7, 11) is 0. The number of hydrogen-bond acceptors (Lipinski definition) is 5. The van der Waals surface area contributed by atoms with Gasteiger partial charge in [-0.3, -0.25) is 9.59 Å². The van der Waals surface area contributed by atoms with Gasteiger partial charge in [-0.05, 0) is 32.6 Å². The van der Waals surface area contributed by atoms with Gasteiger partial charge in [0.2, 0.25) is 11.8 Å². The summed E-state index contributed by atoms with van der Waals surface area (Å²) in [5, 5.41) is 3.92. The van der Waals surface area contributed by atoms with E-state index < -0.39 is 0 Å². The molecule has 0 aromatic carbocycles. The normalized spacial score (nSPS) is 23.2. The summed E-state index contributed by atoms with van der Waals surface area (Å²) in [4.78, 5) is 28.7. The fraction of sp³-hybridized carbons (Fsp3) is 0.706. The maximum Gasteiger partial charge on any atom is 0.227 e. The largest absolute Gasteiger partial charge is 0.361 e. The topological polar surface area (TPSA) is 92.7 Å². The minimum Gasteiger partial charge on any atom is -0.361 e. The fourth-order valence-corrected chi connectivity index (χ4v) is 4.02. The molecule has 8 heteroatoms. The Bertz CT molecular complexity index is 614. The molecular formula is C17H27ClN4O3. The third-order valence-corrected chi connectivity index (χ3v) is 5.38. The molecule has 2 saturated heterocycles. The van der Waals surface area contributed by atoms with Crippen molar-refractivity contribution in [3.63, 3.8) is 0 Å². The number of piperidine rings is 2. The number of likely N-dealkylation sites (tertiary alicyclic amines) is 2. The molecule has 0 radical (unpaired) electrons. The molecule has 2 aliphatic rings. The second-order valence-electron chi connectivity index (χ2n) is 6.85. The SMILES string of the molecule is Cc1noc(C)c1CC(=O)N1CC[C@@H]2[C@@H](CCC(=O)N2CCN)C1.Cl. The van der Waals surface area contributed by atoms with E-state index in [-0.39, 0.29) is 30.3 Å². The summed E-state index contributed by atoms with van der Waals surface area (Å²) in [5.74, 6) is 1.40. The number of aromatic nitrogens is 1. The maximum atomic E-state index is 12.7. The number of nitrogens with zero attached hydrogens (tertiary/aromatic N) is 3. The van der Waals surface area contributed by atoms with Crippen LogP contribution in [0.25, 0.3) is 0 Å². The summed E-state index contributed by atoms with van der Waals surface area (Å²) in [5.41, 5.74) is 7.33. The van der Waals surface area contributed by atoms with E-state index in [9.17, 15) is 9.59 Å². The lowest BCUT2D eigenvalue weighted by Gasteiger charge is -2.47. The number of hydrogen-bond donors (Lipinski definition) is 1. The number of amides is 2. The zero-order chi connectivity index (χ0) is 17.3. The van der Waals surface area contributed by atoms with Crippen molar-refractivity contribution in [2.24, 2.45) is 11.7 Å². The lowest BCUT2D eigenvalue weighted by atomic mass is 9.83. The van der Waals surface area contributed by atoms with Crippen molar-refractivity contribution in [3.8, 4) is 0 Å². The molecule has 2 fully saturated rings. The standard InChI is InChI=1S/C17H26N4O3.ClH/c1-11-14(12(2)24-19-11)9-17(23)20-7-5-15-13(10-20)3-4-16(22)21(15)8-6-18;/h13,15H,3-10,18H2,1-2H3;1H/t13-,15+;/m0./s1. The van der Waals surface area contributed by atoms with Crippen molar-refractivity contribution in [2.75, 3.05) is 26.2 Å². The highest BCUT2D eigenvalue weighted by atomic mass is 35.5. The maximum absolute atomic E-state index is 12.7. The average Bonchev–Trinajstić information content (AvgIpc) is 2.89. The minimum absolute atomic E-state index is 0. The quantitative estimate of drug-likeness (QED) is 0.855. The first-order valence-corrected chi connectivity index (χ1v) is 8.70. The zero-order valence-electron chi connectivity index (χ0n) is 14.9. The number of rotatable bonds is 4. The van der Waals surface area contributed by atoms with E-state index in [1.165, 1.54) is 0 Å². The Balaban J connectivity index is 0.00000225. The van der Waals surface area contributed by atoms with Crippen molar-refractivity contribution in [2.45, 2.75) is 45.6 Å². The Kier molecular flexibility index (Phi) is 6.46. The number of fused-ring (bicyclic) bond motifs is 1. The first kappa shape index (κ1) is 19.7. The Morgan fingerprint density at radius 1 is 1.36 bits per heavy atom. The van der Waals surface area contributed by atoms with Gasteiger partial charge in [-0.2, -0.15) is 0 Å². The van der Waals surface area contributed by atoms with Crippen LogP contribution in [0, 0.1) is 19.8 Å². The van der Waals surface area contributed by atoms with E-state index in [1.807, 2.05) is 23.6 Å². The van der Waals surface area contributed by atoms with Crippen LogP contribution < -0.4 is 5.73 Å². The molecular weight excluding hydrogens is 344 g/mol. The van der Waals surface area contributed by atoms with Gasteiger partial charge in [0.1, 0.15) is 5.76 Å². The smallest absolute Gasteiger partial charge is 0.227 e. The summed E-state index contributed by atoms with van der Waals surface area (Å²) in [6.07, 6.45) is 2.60. The molecule has 3 rings (SSSR count). The van der Waals surface area contributed by atoms with Crippen LogP contribution in [0.4, 0.5) is 0 Å². The van der Waals surface area contributed by atoms with Gasteiger partial charge in [-0.1, -0.05) is 5.16 Å². The van der Waals surface area contributed by atoms with Gasteiger partial charge in [0.15, 0.2) is 0 Å². The van der Waals surface area contributed by atoms with Gasteiger partial charge >= 0.3 is 0 Å². The van der Waals surface area contributed by atoms with Gasteiger partial charge < -0.3 is 20.1 Å². The zero-order valence-corrected chi connectivity index (χ0v) is 15.7. The molecule has 7 nitrogen and oxygen atoms in total. The van der Waals surface area contributed by atoms with Gasteiger partial charge in [0, 0.05) is 44.2 Å². The van der Waals surface area contributed by atoms with E-state index in [0.717, 1.165) is 30.6 Å². The monoisotopic (exact) mass is 370 g/mol. The third kappa shape index (κ3) is 3.98. The van der Waals surface area contributed by atoms with Crippen LogP contribution >= 0.6 is 12.4 Å². The molecule has 0 aliphatic carbocycles. The molecule has 25 heavy (non-hydrogen) atoms. The molecule has 2 amide bonds. The predicted octanol–water partition coefficient (Wildman–Crippen LogP) is 1.05. The Labute approximate surface area is 154 Å². The molecule has 1 aromatic heterocycles. The van der Waals surface area contributed by atoms with Crippen LogP contribution in [0.3, 0.4) is 0 Å². The molecule has 140 valence electrons. The highest BCUT2D eigenvalue weighted by molar-refractivity contribution is 5.85. The highest BCUT2D eigenvalue weighted by Gasteiger charge is 2.40. The molecule has 0 bridgehead atoms. The third-order valence-electron chi connectivity index (χ3n) is 5.38. The molecule has 1 aromatic rings. The first-order chi connectivity index (χ1) is 11.5. The molecule has 2 N–H and O–H groups in total. The van der Waals surface area contributed by atoms with Crippen LogP contribution in [0.5, 0.6) is 0 Å². The second kappa shape index (κ2) is 8.19. The lowest BCUT2D eigenvalue weighted by molar-refractivity contribution is -0.143. The molecule has 0 spiro atoms. The van der Waals surface area contributed by atoms with Crippen molar-refractivity contribution in [1.29, 1.82) is 0 Å². The molecule has 2 aliphatic heterocycles. The van der Waals surface area contributed by atoms with Gasteiger partial charge in [-0.25, -0.2) is 0 Å². The van der Waals surface area contributed by atoms with E-state index in [2.05, 4.69) is 5.16 Å². The summed E-state index contributed by atoms with van der Waals surface area (Å²) >= 11 is 0. The van der Waals surface area contributed by atoms with Crippen LogP contribution in [0.1, 0.15) is 36.3 Å². The summed E-state index contributed by atoms with van der Waals surface area (Å²) in [6, 6.07) is 0.234. The molecule has 3 heterocycles. The molecule has 0 saturated carbocycles. The second-order valence-corrected chi connectivity index (χ2v) is 6.85.